The Kier molecular flexibility index (Phi) is 5.67. The number of carbonyl (C=O) groups excluding carboxylic acids is 1. The molecule has 6 rings (SSSR count). The predicted molar refractivity (Wildman–Crippen MR) is 140 cm³/mol. The van der Waals surface area contributed by atoms with Gasteiger partial charge in [0.15, 0.2) is 0 Å². The van der Waals surface area contributed by atoms with E-state index in [1.54, 1.807) is 21.6 Å². The van der Waals surface area contributed by atoms with Gasteiger partial charge in [0.05, 0.1) is 17.6 Å². The van der Waals surface area contributed by atoms with E-state index >= 15 is 0 Å². The molecule has 9 heteroatoms. The molecule has 0 unspecified atom stereocenters. The van der Waals surface area contributed by atoms with Crippen molar-refractivity contribution >= 4 is 28.3 Å². The molecule has 0 atom stereocenters. The molecule has 37 heavy (non-hydrogen) atoms. The highest BCUT2D eigenvalue weighted by atomic mass is 19.1. The second-order valence-corrected chi connectivity index (χ2v) is 9.30. The van der Waals surface area contributed by atoms with E-state index in [-0.39, 0.29) is 35.3 Å². The summed E-state index contributed by atoms with van der Waals surface area (Å²) < 4.78 is 16.8. The molecule has 0 saturated carbocycles. The van der Waals surface area contributed by atoms with Gasteiger partial charge in [0, 0.05) is 31.9 Å². The number of aryl methyl sites for hydroxylation is 1. The van der Waals surface area contributed by atoms with Gasteiger partial charge < -0.3 is 9.80 Å². The first-order valence-corrected chi connectivity index (χ1v) is 12.2. The Morgan fingerprint density at radius 2 is 1.70 bits per heavy atom. The molecule has 5 aromatic rings. The minimum Gasteiger partial charge on any atom is -0.368 e. The molecule has 1 amide bonds. The van der Waals surface area contributed by atoms with Gasteiger partial charge in [0.1, 0.15) is 5.82 Å². The standard InChI is InChI=1S/C28H25FN6O2/c1-19-10-11-23-24(16-19)34(18-20-6-5-7-21(29)17-20)28(37)26-30-25(31-35(23)26)27(36)33-14-12-32(13-15-33)22-8-3-2-4-9-22/h2-11,16-17H,12-15,18H2,1H3. The number of hydrogen-bond donors (Lipinski definition) is 0. The van der Waals surface area contributed by atoms with Crippen molar-refractivity contribution in [3.63, 3.8) is 0 Å². The van der Waals surface area contributed by atoms with Crippen LogP contribution < -0.4 is 10.5 Å². The second-order valence-electron chi connectivity index (χ2n) is 9.30. The van der Waals surface area contributed by atoms with Crippen molar-refractivity contribution in [3.8, 4) is 0 Å². The largest absolute Gasteiger partial charge is 0.368 e. The molecule has 1 fully saturated rings. The number of rotatable bonds is 4. The lowest BCUT2D eigenvalue weighted by atomic mass is 10.2. The van der Waals surface area contributed by atoms with Crippen LogP contribution >= 0.6 is 0 Å². The zero-order valence-corrected chi connectivity index (χ0v) is 20.3. The van der Waals surface area contributed by atoms with Crippen LogP contribution in [-0.4, -0.2) is 56.2 Å². The van der Waals surface area contributed by atoms with Crippen LogP contribution in [0.5, 0.6) is 0 Å². The Morgan fingerprint density at radius 3 is 2.46 bits per heavy atom. The third kappa shape index (κ3) is 4.22. The molecule has 3 aromatic carbocycles. The summed E-state index contributed by atoms with van der Waals surface area (Å²) in [7, 11) is 0. The van der Waals surface area contributed by atoms with Crippen molar-refractivity contribution in [2.24, 2.45) is 0 Å². The van der Waals surface area contributed by atoms with Crippen LogP contribution in [0.2, 0.25) is 0 Å². The van der Waals surface area contributed by atoms with Gasteiger partial charge in [-0.3, -0.25) is 14.2 Å². The van der Waals surface area contributed by atoms with Crippen molar-refractivity contribution in [1.82, 2.24) is 24.1 Å². The molecule has 8 nitrogen and oxygen atoms in total. The summed E-state index contributed by atoms with van der Waals surface area (Å²) in [5, 5.41) is 4.47. The number of aromatic nitrogens is 4. The minimum absolute atomic E-state index is 0.00404. The molecule has 0 bridgehead atoms. The Labute approximate surface area is 212 Å². The van der Waals surface area contributed by atoms with E-state index in [9.17, 15) is 14.0 Å². The average molecular weight is 497 g/mol. The summed E-state index contributed by atoms with van der Waals surface area (Å²) >= 11 is 0. The minimum atomic E-state index is -0.386. The van der Waals surface area contributed by atoms with Crippen molar-refractivity contribution in [2.75, 3.05) is 31.1 Å². The van der Waals surface area contributed by atoms with Crippen LogP contribution in [0.15, 0.2) is 77.6 Å². The van der Waals surface area contributed by atoms with Gasteiger partial charge in [-0.15, -0.1) is 5.10 Å². The number of fused-ring (bicyclic) bond motifs is 3. The lowest BCUT2D eigenvalue weighted by Gasteiger charge is -2.35. The Balaban J connectivity index is 1.36. The fraction of sp³-hybridized carbons (Fsp3) is 0.214. The zero-order valence-electron chi connectivity index (χ0n) is 20.3. The van der Waals surface area contributed by atoms with E-state index < -0.39 is 0 Å². The lowest BCUT2D eigenvalue weighted by Crippen LogP contribution is -2.49. The topological polar surface area (TPSA) is 75.7 Å². The maximum absolute atomic E-state index is 13.8. The van der Waals surface area contributed by atoms with Gasteiger partial charge in [0.2, 0.25) is 11.5 Å². The van der Waals surface area contributed by atoms with Crippen LogP contribution in [0.3, 0.4) is 0 Å². The quantitative estimate of drug-likeness (QED) is 0.381. The van der Waals surface area contributed by atoms with E-state index in [0.717, 1.165) is 11.3 Å². The van der Waals surface area contributed by atoms with Crippen LogP contribution in [0, 0.1) is 12.7 Å². The predicted octanol–water partition coefficient (Wildman–Crippen LogP) is 3.50. The SMILES string of the molecule is Cc1ccc2c(c1)n(Cc1cccc(F)c1)c(=O)c1nc(C(=O)N3CCN(c4ccccc4)CC3)nn12. The first-order valence-electron chi connectivity index (χ1n) is 12.2. The van der Waals surface area contributed by atoms with Crippen LogP contribution in [0.4, 0.5) is 10.1 Å². The second kappa shape index (κ2) is 9.16. The Morgan fingerprint density at radius 1 is 0.919 bits per heavy atom. The van der Waals surface area contributed by atoms with Gasteiger partial charge in [0.25, 0.3) is 11.5 Å². The molecule has 1 saturated heterocycles. The Bertz CT molecular complexity index is 1690. The van der Waals surface area contributed by atoms with Crippen LogP contribution in [-0.2, 0) is 6.54 Å². The number of para-hydroxylation sites is 1. The van der Waals surface area contributed by atoms with E-state index in [4.69, 9.17) is 0 Å². The molecular weight excluding hydrogens is 471 g/mol. The fourth-order valence-electron chi connectivity index (χ4n) is 4.89. The van der Waals surface area contributed by atoms with E-state index in [0.29, 0.717) is 42.8 Å². The highest BCUT2D eigenvalue weighted by molar-refractivity contribution is 5.91. The highest BCUT2D eigenvalue weighted by Crippen LogP contribution is 2.19. The number of carbonyl (C=O) groups is 1. The molecule has 3 heterocycles. The average Bonchev–Trinajstić information content (AvgIpc) is 3.37. The first kappa shape index (κ1) is 22.9. The molecule has 0 spiro atoms. The summed E-state index contributed by atoms with van der Waals surface area (Å²) in [6, 6.07) is 21.9. The molecule has 0 N–H and O–H groups in total. The number of nitrogens with zero attached hydrogens (tertiary/aromatic N) is 6. The zero-order chi connectivity index (χ0) is 25.5. The summed E-state index contributed by atoms with van der Waals surface area (Å²) in [5.41, 5.74) is 3.72. The summed E-state index contributed by atoms with van der Waals surface area (Å²) in [6.45, 7) is 4.58. The monoisotopic (exact) mass is 496 g/mol. The van der Waals surface area contributed by atoms with Crippen molar-refractivity contribution < 1.29 is 9.18 Å². The molecule has 2 aromatic heterocycles. The maximum atomic E-state index is 13.8. The fourth-order valence-corrected chi connectivity index (χ4v) is 4.89. The number of piperazine rings is 1. The third-order valence-corrected chi connectivity index (χ3v) is 6.80. The number of halogens is 1. The maximum Gasteiger partial charge on any atom is 0.296 e. The summed E-state index contributed by atoms with van der Waals surface area (Å²) in [4.78, 5) is 35.3. The first-order chi connectivity index (χ1) is 18.0. The molecular formula is C28H25FN6O2. The molecule has 1 aliphatic rings. The van der Waals surface area contributed by atoms with Crippen LogP contribution in [0.1, 0.15) is 21.7 Å². The molecule has 0 radical (unpaired) electrons. The Hall–Kier alpha value is -4.53. The number of hydrogen-bond acceptors (Lipinski definition) is 5. The number of amides is 1. The molecule has 186 valence electrons. The summed E-state index contributed by atoms with van der Waals surface area (Å²) in [5.74, 6) is -0.668. The smallest absolute Gasteiger partial charge is 0.296 e. The van der Waals surface area contributed by atoms with Crippen molar-refractivity contribution in [3.05, 3.63) is 106 Å². The van der Waals surface area contributed by atoms with E-state index in [2.05, 4.69) is 27.1 Å². The van der Waals surface area contributed by atoms with Crippen LogP contribution in [0.25, 0.3) is 16.7 Å². The lowest BCUT2D eigenvalue weighted by molar-refractivity contribution is 0.0735. The van der Waals surface area contributed by atoms with Gasteiger partial charge in [-0.05, 0) is 54.4 Å². The van der Waals surface area contributed by atoms with E-state index in [1.165, 1.54) is 16.6 Å². The van der Waals surface area contributed by atoms with Crippen molar-refractivity contribution in [2.45, 2.75) is 13.5 Å². The highest BCUT2D eigenvalue weighted by Gasteiger charge is 2.26. The van der Waals surface area contributed by atoms with Gasteiger partial charge in [-0.1, -0.05) is 36.4 Å². The summed E-state index contributed by atoms with van der Waals surface area (Å²) in [6.07, 6.45) is 0. The van der Waals surface area contributed by atoms with Gasteiger partial charge in [-0.25, -0.2) is 8.91 Å². The normalized spacial score (nSPS) is 14.0. The third-order valence-electron chi connectivity index (χ3n) is 6.80. The number of anilines is 1. The number of benzene rings is 3. The van der Waals surface area contributed by atoms with Gasteiger partial charge >= 0.3 is 0 Å². The van der Waals surface area contributed by atoms with Gasteiger partial charge in [-0.2, -0.15) is 4.98 Å². The van der Waals surface area contributed by atoms with Crippen molar-refractivity contribution in [1.29, 1.82) is 0 Å². The van der Waals surface area contributed by atoms with E-state index in [1.807, 2.05) is 43.3 Å². The molecule has 1 aliphatic heterocycles. The molecule has 0 aliphatic carbocycles.